The number of carbonyl (C=O) groups is 1. The summed E-state index contributed by atoms with van der Waals surface area (Å²) in [6, 6.07) is -0.284. The van der Waals surface area contributed by atoms with Gasteiger partial charge in [-0.3, -0.25) is 4.79 Å². The van der Waals surface area contributed by atoms with Crippen LogP contribution in [0.25, 0.3) is 0 Å². The molecule has 0 saturated carbocycles. The lowest BCUT2D eigenvalue weighted by atomic mass is 10.2. The van der Waals surface area contributed by atoms with Crippen LogP contribution < -0.4 is 5.32 Å². The summed E-state index contributed by atoms with van der Waals surface area (Å²) < 4.78 is 24.7. The van der Waals surface area contributed by atoms with Crippen molar-refractivity contribution < 1.29 is 13.2 Å². The maximum absolute atomic E-state index is 12.2. The lowest BCUT2D eigenvalue weighted by Crippen LogP contribution is -2.40. The molecule has 0 radical (unpaired) electrons. The SMILES string of the molecule is C=CCn1c(C)nnc1S[C@@H](C)C(=O)N[C@H]1CCS(=O)(=O)C1. The Bertz CT molecular complexity index is 669. The third kappa shape index (κ3) is 4.10. The number of hydrogen-bond donors (Lipinski definition) is 1. The summed E-state index contributed by atoms with van der Waals surface area (Å²) in [6.45, 7) is 7.88. The van der Waals surface area contributed by atoms with Crippen LogP contribution in [0.4, 0.5) is 0 Å². The van der Waals surface area contributed by atoms with Crippen molar-refractivity contribution in [3.63, 3.8) is 0 Å². The van der Waals surface area contributed by atoms with Gasteiger partial charge in [0, 0.05) is 12.6 Å². The van der Waals surface area contributed by atoms with Crippen LogP contribution in [-0.4, -0.2) is 51.9 Å². The summed E-state index contributed by atoms with van der Waals surface area (Å²) in [5, 5.41) is 11.1. The Labute approximate surface area is 134 Å². The Morgan fingerprint density at radius 3 is 2.91 bits per heavy atom. The van der Waals surface area contributed by atoms with Gasteiger partial charge in [0.05, 0.1) is 16.8 Å². The second kappa shape index (κ2) is 6.82. The number of hydrogen-bond acceptors (Lipinski definition) is 6. The molecule has 122 valence electrons. The highest BCUT2D eigenvalue weighted by Crippen LogP contribution is 2.23. The average Bonchev–Trinajstić information content (AvgIpc) is 2.95. The number of allylic oxidation sites excluding steroid dienone is 1. The summed E-state index contributed by atoms with van der Waals surface area (Å²) >= 11 is 1.30. The number of aryl methyl sites for hydroxylation is 1. The molecule has 22 heavy (non-hydrogen) atoms. The molecule has 1 amide bonds. The van der Waals surface area contributed by atoms with Crippen molar-refractivity contribution in [3.05, 3.63) is 18.5 Å². The van der Waals surface area contributed by atoms with Gasteiger partial charge < -0.3 is 9.88 Å². The van der Waals surface area contributed by atoms with Crippen LogP contribution in [0.2, 0.25) is 0 Å². The average molecular weight is 344 g/mol. The first-order chi connectivity index (χ1) is 10.3. The second-order valence-corrected chi connectivity index (χ2v) is 8.83. The van der Waals surface area contributed by atoms with Crippen LogP contribution in [0.3, 0.4) is 0 Å². The lowest BCUT2D eigenvalue weighted by molar-refractivity contribution is -0.120. The number of amides is 1. The summed E-state index contributed by atoms with van der Waals surface area (Å²) in [4.78, 5) is 12.2. The highest BCUT2D eigenvalue weighted by molar-refractivity contribution is 8.00. The van der Waals surface area contributed by atoms with E-state index in [-0.39, 0.29) is 28.7 Å². The molecule has 7 nitrogen and oxygen atoms in total. The molecular formula is C13H20N4O3S2. The predicted octanol–water partition coefficient (Wildman–Crippen LogP) is 0.556. The zero-order valence-corrected chi connectivity index (χ0v) is 14.3. The molecule has 1 aliphatic heterocycles. The maximum atomic E-state index is 12.2. The van der Waals surface area contributed by atoms with E-state index >= 15 is 0 Å². The zero-order valence-electron chi connectivity index (χ0n) is 12.7. The van der Waals surface area contributed by atoms with Crippen LogP contribution in [0.15, 0.2) is 17.8 Å². The van der Waals surface area contributed by atoms with Gasteiger partial charge in [-0.25, -0.2) is 8.42 Å². The second-order valence-electron chi connectivity index (χ2n) is 5.30. The molecule has 0 bridgehead atoms. The normalized spacial score (nSPS) is 21.5. The van der Waals surface area contributed by atoms with Crippen molar-refractivity contribution >= 4 is 27.5 Å². The van der Waals surface area contributed by atoms with Crippen LogP contribution in [-0.2, 0) is 21.2 Å². The molecule has 1 N–H and O–H groups in total. The third-order valence-corrected chi connectivity index (χ3v) is 6.29. The fourth-order valence-corrected chi connectivity index (χ4v) is 4.81. The summed E-state index contributed by atoms with van der Waals surface area (Å²) in [7, 11) is -3.00. The van der Waals surface area contributed by atoms with Gasteiger partial charge in [-0.2, -0.15) is 0 Å². The smallest absolute Gasteiger partial charge is 0.233 e. The van der Waals surface area contributed by atoms with Crippen molar-refractivity contribution in [1.29, 1.82) is 0 Å². The molecule has 9 heteroatoms. The minimum absolute atomic E-state index is 0.0296. The number of nitrogens with one attached hydrogen (secondary N) is 1. The Morgan fingerprint density at radius 2 is 2.32 bits per heavy atom. The molecule has 2 heterocycles. The van der Waals surface area contributed by atoms with Crippen LogP contribution >= 0.6 is 11.8 Å². The first kappa shape index (κ1) is 17.0. The van der Waals surface area contributed by atoms with E-state index in [1.54, 1.807) is 13.0 Å². The summed E-state index contributed by atoms with van der Waals surface area (Å²) in [6.07, 6.45) is 2.23. The topological polar surface area (TPSA) is 93.9 Å². The van der Waals surface area contributed by atoms with Crippen LogP contribution in [0.1, 0.15) is 19.2 Å². The summed E-state index contributed by atoms with van der Waals surface area (Å²) in [5.41, 5.74) is 0. The van der Waals surface area contributed by atoms with E-state index in [0.717, 1.165) is 5.82 Å². The third-order valence-electron chi connectivity index (χ3n) is 3.44. The fourth-order valence-electron chi connectivity index (χ4n) is 2.23. The van der Waals surface area contributed by atoms with Crippen molar-refractivity contribution in [2.45, 2.75) is 43.3 Å². The van der Waals surface area contributed by atoms with Gasteiger partial charge in [-0.1, -0.05) is 17.8 Å². The van der Waals surface area contributed by atoms with E-state index in [4.69, 9.17) is 0 Å². The van der Waals surface area contributed by atoms with Gasteiger partial charge in [0.15, 0.2) is 15.0 Å². The lowest BCUT2D eigenvalue weighted by Gasteiger charge is -2.15. The monoisotopic (exact) mass is 344 g/mol. The first-order valence-corrected chi connectivity index (χ1v) is 9.70. The highest BCUT2D eigenvalue weighted by atomic mass is 32.2. The van der Waals surface area contributed by atoms with Gasteiger partial charge in [-0.15, -0.1) is 16.8 Å². The first-order valence-electron chi connectivity index (χ1n) is 7.00. The van der Waals surface area contributed by atoms with Crippen molar-refractivity contribution in [3.8, 4) is 0 Å². The van der Waals surface area contributed by atoms with E-state index < -0.39 is 9.84 Å². The molecule has 1 saturated heterocycles. The molecule has 0 aromatic carbocycles. The standard InChI is InChI=1S/C13H20N4O3S2/c1-4-6-17-10(3)15-16-13(17)21-9(2)12(18)14-11-5-7-22(19,20)8-11/h4,9,11H,1,5-8H2,2-3H3,(H,14,18)/t9-,11-/m0/s1. The van der Waals surface area contributed by atoms with Gasteiger partial charge in [0.25, 0.3) is 0 Å². The molecule has 0 spiro atoms. The van der Waals surface area contributed by atoms with E-state index in [1.165, 1.54) is 11.8 Å². The van der Waals surface area contributed by atoms with Gasteiger partial charge in [0.1, 0.15) is 5.82 Å². The Hall–Kier alpha value is -1.35. The van der Waals surface area contributed by atoms with Crippen molar-refractivity contribution in [1.82, 2.24) is 20.1 Å². The molecule has 1 aromatic heterocycles. The van der Waals surface area contributed by atoms with Crippen molar-refractivity contribution in [2.75, 3.05) is 11.5 Å². The van der Waals surface area contributed by atoms with Crippen LogP contribution in [0.5, 0.6) is 0 Å². The minimum atomic E-state index is -3.00. The molecule has 2 rings (SSSR count). The van der Waals surface area contributed by atoms with Gasteiger partial charge in [0.2, 0.25) is 5.91 Å². The number of nitrogens with zero attached hydrogens (tertiary/aromatic N) is 3. The van der Waals surface area contributed by atoms with E-state index in [2.05, 4.69) is 22.1 Å². The minimum Gasteiger partial charge on any atom is -0.351 e. The number of rotatable bonds is 6. The fraction of sp³-hybridized carbons (Fsp3) is 0.615. The number of thioether (sulfide) groups is 1. The van der Waals surface area contributed by atoms with E-state index in [9.17, 15) is 13.2 Å². The molecular weight excluding hydrogens is 324 g/mol. The van der Waals surface area contributed by atoms with E-state index in [1.807, 2.05) is 11.5 Å². The molecule has 2 atom stereocenters. The predicted molar refractivity (Wildman–Crippen MR) is 85.5 cm³/mol. The number of carbonyl (C=O) groups excluding carboxylic acids is 1. The zero-order chi connectivity index (χ0) is 16.3. The molecule has 0 unspecified atom stereocenters. The Kier molecular flexibility index (Phi) is 5.28. The quantitative estimate of drug-likeness (QED) is 0.598. The molecule has 1 fully saturated rings. The van der Waals surface area contributed by atoms with Gasteiger partial charge in [-0.05, 0) is 20.3 Å². The molecule has 1 aromatic rings. The van der Waals surface area contributed by atoms with Crippen molar-refractivity contribution in [2.24, 2.45) is 0 Å². The molecule has 1 aliphatic rings. The Balaban J connectivity index is 1.96. The number of sulfone groups is 1. The maximum Gasteiger partial charge on any atom is 0.233 e. The largest absolute Gasteiger partial charge is 0.351 e. The van der Waals surface area contributed by atoms with Gasteiger partial charge >= 0.3 is 0 Å². The Morgan fingerprint density at radius 1 is 1.59 bits per heavy atom. The summed E-state index contributed by atoms with van der Waals surface area (Å²) in [5.74, 6) is 0.753. The molecule has 0 aliphatic carbocycles. The van der Waals surface area contributed by atoms with Crippen LogP contribution in [0, 0.1) is 6.92 Å². The van der Waals surface area contributed by atoms with E-state index in [0.29, 0.717) is 18.1 Å². The highest BCUT2D eigenvalue weighted by Gasteiger charge is 2.30. The number of aromatic nitrogens is 3.